The molecule has 7 heteroatoms. The van der Waals surface area contributed by atoms with Gasteiger partial charge in [-0.3, -0.25) is 4.79 Å². The molecule has 1 fully saturated rings. The van der Waals surface area contributed by atoms with Gasteiger partial charge in [-0.05, 0) is 13.8 Å². The summed E-state index contributed by atoms with van der Waals surface area (Å²) in [6, 6.07) is 0.278. The van der Waals surface area contributed by atoms with Crippen LogP contribution in [-0.4, -0.2) is 45.9 Å². The Bertz CT molecular complexity index is 461. The quantitative estimate of drug-likeness (QED) is 0.894. The van der Waals surface area contributed by atoms with Crippen LogP contribution in [-0.2, 0) is 0 Å². The second kappa shape index (κ2) is 6.00. The number of carbonyl (C=O) groups is 1. The van der Waals surface area contributed by atoms with E-state index in [-0.39, 0.29) is 11.9 Å². The molecule has 1 aliphatic rings. The Labute approximate surface area is 122 Å². The number of thiazole rings is 1. The Morgan fingerprint density at radius 3 is 2.95 bits per heavy atom. The number of hydrogen-bond acceptors (Lipinski definition) is 6. The van der Waals surface area contributed by atoms with E-state index >= 15 is 0 Å². The van der Waals surface area contributed by atoms with Crippen LogP contribution in [0, 0.1) is 0 Å². The summed E-state index contributed by atoms with van der Waals surface area (Å²) in [7, 11) is 0. The zero-order chi connectivity index (χ0) is 14.0. The maximum absolute atomic E-state index is 12.4. The summed E-state index contributed by atoms with van der Waals surface area (Å²) >= 11 is 3.25. The lowest BCUT2D eigenvalue weighted by atomic mass is 10.3. The lowest BCUT2D eigenvalue weighted by Gasteiger charge is -2.30. The van der Waals surface area contributed by atoms with Gasteiger partial charge in [0.2, 0.25) is 0 Å². The van der Waals surface area contributed by atoms with Crippen molar-refractivity contribution in [3.8, 4) is 0 Å². The predicted molar refractivity (Wildman–Crippen MR) is 83.1 cm³/mol. The van der Waals surface area contributed by atoms with Crippen LogP contribution in [0.5, 0.6) is 0 Å². The Kier molecular flexibility index (Phi) is 4.57. The van der Waals surface area contributed by atoms with E-state index in [0.717, 1.165) is 24.0 Å². The monoisotopic (exact) mass is 300 g/mol. The van der Waals surface area contributed by atoms with Gasteiger partial charge in [0.05, 0.1) is 0 Å². The molecule has 19 heavy (non-hydrogen) atoms. The van der Waals surface area contributed by atoms with Crippen molar-refractivity contribution in [3.63, 3.8) is 0 Å². The van der Waals surface area contributed by atoms with E-state index in [1.165, 1.54) is 11.3 Å². The van der Waals surface area contributed by atoms with E-state index in [2.05, 4.69) is 17.2 Å². The summed E-state index contributed by atoms with van der Waals surface area (Å²) in [5.41, 5.74) is 5.87. The molecule has 3 N–H and O–H groups in total. The van der Waals surface area contributed by atoms with Crippen molar-refractivity contribution in [3.05, 3.63) is 4.88 Å². The van der Waals surface area contributed by atoms with E-state index < -0.39 is 0 Å². The first-order valence-corrected chi connectivity index (χ1v) is 8.27. The third-order valence-electron chi connectivity index (χ3n) is 2.79. The molecule has 0 spiro atoms. The minimum Gasteiger partial charge on any atom is -0.382 e. The molecule has 1 unspecified atom stereocenters. The first kappa shape index (κ1) is 14.5. The molecule has 0 saturated carbocycles. The van der Waals surface area contributed by atoms with Gasteiger partial charge >= 0.3 is 0 Å². The fourth-order valence-corrected chi connectivity index (χ4v) is 3.95. The van der Waals surface area contributed by atoms with Gasteiger partial charge in [-0.2, -0.15) is 11.8 Å². The summed E-state index contributed by atoms with van der Waals surface area (Å²) in [4.78, 5) is 19.1. The molecule has 1 amide bonds. The van der Waals surface area contributed by atoms with Gasteiger partial charge in [0, 0.05) is 30.1 Å². The van der Waals surface area contributed by atoms with Crippen molar-refractivity contribution in [2.24, 2.45) is 0 Å². The number of aromatic nitrogens is 1. The fourth-order valence-electron chi connectivity index (χ4n) is 1.94. The van der Waals surface area contributed by atoms with E-state index in [9.17, 15) is 4.79 Å². The number of anilines is 2. The molecular weight excluding hydrogens is 280 g/mol. The SMILES string of the molecule is CC(C)Nc1nc(N)c(C(=O)N2CCSC(C)C2)s1. The average molecular weight is 300 g/mol. The van der Waals surface area contributed by atoms with Crippen LogP contribution in [0.3, 0.4) is 0 Å². The highest BCUT2D eigenvalue weighted by Crippen LogP contribution is 2.28. The van der Waals surface area contributed by atoms with Gasteiger partial charge < -0.3 is 16.0 Å². The summed E-state index contributed by atoms with van der Waals surface area (Å²) in [6.07, 6.45) is 0. The topological polar surface area (TPSA) is 71.2 Å². The van der Waals surface area contributed by atoms with Crippen molar-refractivity contribution in [2.75, 3.05) is 29.9 Å². The van der Waals surface area contributed by atoms with E-state index in [1.54, 1.807) is 0 Å². The fraction of sp³-hybridized carbons (Fsp3) is 0.667. The van der Waals surface area contributed by atoms with Crippen molar-refractivity contribution in [2.45, 2.75) is 32.1 Å². The molecule has 2 rings (SSSR count). The van der Waals surface area contributed by atoms with Gasteiger partial charge in [0.25, 0.3) is 5.91 Å². The Morgan fingerprint density at radius 2 is 2.32 bits per heavy atom. The molecule has 0 bridgehead atoms. The van der Waals surface area contributed by atoms with Crippen LogP contribution in [0.4, 0.5) is 10.9 Å². The van der Waals surface area contributed by atoms with Gasteiger partial charge in [-0.1, -0.05) is 18.3 Å². The van der Waals surface area contributed by atoms with Crippen LogP contribution in [0.2, 0.25) is 0 Å². The van der Waals surface area contributed by atoms with E-state index in [4.69, 9.17) is 5.73 Å². The van der Waals surface area contributed by atoms with Crippen LogP contribution in [0.15, 0.2) is 0 Å². The molecule has 0 aliphatic carbocycles. The molecule has 0 radical (unpaired) electrons. The largest absolute Gasteiger partial charge is 0.382 e. The lowest BCUT2D eigenvalue weighted by molar-refractivity contribution is 0.0769. The van der Waals surface area contributed by atoms with Crippen molar-refractivity contribution in [1.82, 2.24) is 9.88 Å². The second-order valence-electron chi connectivity index (χ2n) is 4.96. The van der Waals surface area contributed by atoms with Crippen molar-refractivity contribution in [1.29, 1.82) is 0 Å². The molecule has 1 atom stereocenters. The highest BCUT2D eigenvalue weighted by Gasteiger charge is 2.26. The number of rotatable bonds is 3. The highest BCUT2D eigenvalue weighted by molar-refractivity contribution is 7.99. The average Bonchev–Trinajstić information content (AvgIpc) is 2.68. The van der Waals surface area contributed by atoms with Gasteiger partial charge in [-0.15, -0.1) is 0 Å². The third kappa shape index (κ3) is 3.54. The number of thioether (sulfide) groups is 1. The van der Waals surface area contributed by atoms with Crippen LogP contribution >= 0.6 is 23.1 Å². The maximum Gasteiger partial charge on any atom is 0.267 e. The zero-order valence-electron chi connectivity index (χ0n) is 11.5. The molecule has 0 aromatic carbocycles. The normalized spacial score (nSPS) is 19.8. The summed E-state index contributed by atoms with van der Waals surface area (Å²) in [5, 5.41) is 4.39. The summed E-state index contributed by atoms with van der Waals surface area (Å²) in [6.45, 7) is 7.78. The smallest absolute Gasteiger partial charge is 0.267 e. The van der Waals surface area contributed by atoms with Crippen LogP contribution < -0.4 is 11.1 Å². The molecule has 106 valence electrons. The lowest BCUT2D eigenvalue weighted by Crippen LogP contribution is -2.40. The summed E-state index contributed by atoms with van der Waals surface area (Å²) in [5.74, 6) is 1.34. The number of nitrogens with two attached hydrogens (primary N) is 1. The van der Waals surface area contributed by atoms with Crippen LogP contribution in [0.1, 0.15) is 30.4 Å². The van der Waals surface area contributed by atoms with E-state index in [0.29, 0.717) is 15.9 Å². The van der Waals surface area contributed by atoms with Gasteiger partial charge in [0.15, 0.2) is 5.13 Å². The molecule has 5 nitrogen and oxygen atoms in total. The van der Waals surface area contributed by atoms with Crippen LogP contribution in [0.25, 0.3) is 0 Å². The van der Waals surface area contributed by atoms with Crippen molar-refractivity contribution >= 4 is 40.0 Å². The number of hydrogen-bond donors (Lipinski definition) is 2. The molecular formula is C12H20N4OS2. The van der Waals surface area contributed by atoms with Gasteiger partial charge in [-0.25, -0.2) is 4.98 Å². The zero-order valence-corrected chi connectivity index (χ0v) is 13.1. The number of carbonyl (C=O) groups excluding carboxylic acids is 1. The molecule has 2 heterocycles. The highest BCUT2D eigenvalue weighted by atomic mass is 32.2. The molecule has 1 saturated heterocycles. The number of amides is 1. The van der Waals surface area contributed by atoms with E-state index in [1.807, 2.05) is 30.5 Å². The maximum atomic E-state index is 12.4. The Hall–Kier alpha value is -0.950. The first-order chi connectivity index (χ1) is 8.97. The minimum absolute atomic E-state index is 0.0129. The molecule has 1 aromatic heterocycles. The van der Waals surface area contributed by atoms with Crippen molar-refractivity contribution < 1.29 is 4.79 Å². The third-order valence-corrected chi connectivity index (χ3v) is 4.91. The first-order valence-electron chi connectivity index (χ1n) is 6.41. The second-order valence-corrected chi connectivity index (χ2v) is 7.51. The summed E-state index contributed by atoms with van der Waals surface area (Å²) < 4.78 is 0. The standard InChI is InChI=1S/C12H20N4OS2/c1-7(2)14-12-15-10(13)9(19-12)11(17)16-4-5-18-8(3)6-16/h7-8H,4-6,13H2,1-3H3,(H,14,15). The number of nitrogens with one attached hydrogen (secondary N) is 1. The Morgan fingerprint density at radius 1 is 1.58 bits per heavy atom. The molecule has 1 aliphatic heterocycles. The number of nitrogen functional groups attached to an aromatic ring is 1. The van der Waals surface area contributed by atoms with Gasteiger partial charge in [0.1, 0.15) is 10.7 Å². The number of nitrogens with zero attached hydrogens (tertiary/aromatic N) is 2. The Balaban J connectivity index is 2.12. The predicted octanol–water partition coefficient (Wildman–Crippen LogP) is 2.12. The molecule has 1 aromatic rings. The minimum atomic E-state index is 0.0129.